The first-order chi connectivity index (χ1) is 12.5. The summed E-state index contributed by atoms with van der Waals surface area (Å²) < 4.78 is 0. The molecule has 0 atom stereocenters. The molecule has 2 amide bonds. The quantitative estimate of drug-likeness (QED) is 0.846. The van der Waals surface area contributed by atoms with Crippen LogP contribution >= 0.6 is 11.3 Å². The van der Waals surface area contributed by atoms with Gasteiger partial charge >= 0.3 is 0 Å². The Balaban J connectivity index is 1.53. The molecule has 0 aliphatic carbocycles. The smallest absolute Gasteiger partial charge is 0.255 e. The minimum Gasteiger partial charge on any atom is -0.507 e. The molecule has 2 heterocycles. The fourth-order valence-corrected chi connectivity index (χ4v) is 3.98. The molecule has 0 saturated heterocycles. The predicted octanol–water partition coefficient (Wildman–Crippen LogP) is 3.28. The second-order valence-electron chi connectivity index (χ2n) is 6.87. The number of nitrogens with one attached hydrogen (secondary N) is 1. The van der Waals surface area contributed by atoms with E-state index >= 15 is 0 Å². The van der Waals surface area contributed by atoms with Crippen LogP contribution in [0.1, 0.15) is 52.5 Å². The molecule has 1 aromatic carbocycles. The number of phenols is 1. The molecule has 1 aromatic heterocycles. The van der Waals surface area contributed by atoms with Gasteiger partial charge in [0.15, 0.2) is 0 Å². The number of amides is 2. The van der Waals surface area contributed by atoms with Gasteiger partial charge in [0.1, 0.15) is 5.75 Å². The molecule has 0 radical (unpaired) electrons. The first-order valence-corrected chi connectivity index (χ1v) is 9.78. The van der Waals surface area contributed by atoms with Crippen molar-refractivity contribution in [3.8, 4) is 5.75 Å². The van der Waals surface area contributed by atoms with Gasteiger partial charge in [0.25, 0.3) is 5.91 Å². The van der Waals surface area contributed by atoms with Crippen LogP contribution in [0, 0.1) is 0 Å². The fourth-order valence-electron chi connectivity index (χ4n) is 3.09. The zero-order valence-corrected chi connectivity index (χ0v) is 15.9. The Labute approximate surface area is 157 Å². The van der Waals surface area contributed by atoms with Crippen LogP contribution in [0.25, 0.3) is 0 Å². The van der Waals surface area contributed by atoms with Gasteiger partial charge in [0.2, 0.25) is 5.91 Å². The molecule has 138 valence electrons. The normalized spacial score (nSPS) is 13.6. The number of hydrogen-bond donors (Lipinski definition) is 2. The molecule has 0 saturated carbocycles. The van der Waals surface area contributed by atoms with Crippen LogP contribution in [-0.2, 0) is 17.8 Å². The number of nitrogens with zero attached hydrogens (tertiary/aromatic N) is 1. The molecule has 0 spiro atoms. The third-order valence-corrected chi connectivity index (χ3v) is 5.74. The Bertz CT molecular complexity index is 813. The van der Waals surface area contributed by atoms with E-state index in [1.165, 1.54) is 10.4 Å². The third-order valence-electron chi connectivity index (χ3n) is 4.72. The molecule has 6 heteroatoms. The number of phenolic OH excluding ortho intramolecular Hbond substituents is 1. The zero-order valence-electron chi connectivity index (χ0n) is 15.1. The number of benzene rings is 1. The Morgan fingerprint density at radius 2 is 2.12 bits per heavy atom. The largest absolute Gasteiger partial charge is 0.507 e. The van der Waals surface area contributed by atoms with Gasteiger partial charge in [0, 0.05) is 30.9 Å². The van der Waals surface area contributed by atoms with E-state index in [1.807, 2.05) is 24.8 Å². The SMILES string of the molecule is CC(C)c1ccc(O)c(C(=O)NCCC(=O)N2CCc3sccc3C2)c1. The average molecular weight is 372 g/mol. The Kier molecular flexibility index (Phi) is 5.61. The summed E-state index contributed by atoms with van der Waals surface area (Å²) in [5.41, 5.74) is 2.47. The highest BCUT2D eigenvalue weighted by molar-refractivity contribution is 7.10. The summed E-state index contributed by atoms with van der Waals surface area (Å²) in [5, 5.41) is 14.7. The van der Waals surface area contributed by atoms with Crippen LogP contribution in [-0.4, -0.2) is 34.9 Å². The summed E-state index contributed by atoms with van der Waals surface area (Å²) >= 11 is 1.74. The molecule has 0 fully saturated rings. The van der Waals surface area contributed by atoms with Crippen LogP contribution in [0.2, 0.25) is 0 Å². The monoisotopic (exact) mass is 372 g/mol. The fraction of sp³-hybridized carbons (Fsp3) is 0.400. The van der Waals surface area contributed by atoms with Crippen LogP contribution in [0.4, 0.5) is 0 Å². The standard InChI is InChI=1S/C20H24N2O3S/c1-13(2)14-3-4-17(23)16(11-14)20(25)21-8-5-19(24)22-9-6-18-15(12-22)7-10-26-18/h3-4,7,10-11,13,23H,5-6,8-9,12H2,1-2H3,(H,21,25). The van der Waals surface area contributed by atoms with E-state index in [9.17, 15) is 14.7 Å². The molecule has 26 heavy (non-hydrogen) atoms. The maximum absolute atomic E-state index is 12.4. The van der Waals surface area contributed by atoms with Crippen molar-refractivity contribution in [1.29, 1.82) is 0 Å². The first kappa shape index (κ1) is 18.5. The van der Waals surface area contributed by atoms with Crippen molar-refractivity contribution in [2.75, 3.05) is 13.1 Å². The molecule has 2 N–H and O–H groups in total. The second kappa shape index (κ2) is 7.91. The van der Waals surface area contributed by atoms with Crippen molar-refractivity contribution >= 4 is 23.2 Å². The van der Waals surface area contributed by atoms with E-state index < -0.39 is 0 Å². The highest BCUT2D eigenvalue weighted by Gasteiger charge is 2.21. The predicted molar refractivity (Wildman–Crippen MR) is 103 cm³/mol. The van der Waals surface area contributed by atoms with Gasteiger partial charge in [-0.1, -0.05) is 19.9 Å². The van der Waals surface area contributed by atoms with Crippen molar-refractivity contribution in [3.63, 3.8) is 0 Å². The third kappa shape index (κ3) is 4.07. The van der Waals surface area contributed by atoms with Crippen molar-refractivity contribution < 1.29 is 14.7 Å². The summed E-state index contributed by atoms with van der Waals surface area (Å²) in [6, 6.07) is 7.14. The van der Waals surface area contributed by atoms with E-state index in [0.717, 1.165) is 18.5 Å². The molecular formula is C20H24N2O3S. The summed E-state index contributed by atoms with van der Waals surface area (Å²) in [4.78, 5) is 27.9. The van der Waals surface area contributed by atoms with Crippen molar-refractivity contribution in [2.45, 2.75) is 39.2 Å². The minimum absolute atomic E-state index is 0.0424. The number of carbonyl (C=O) groups excluding carboxylic acids is 2. The van der Waals surface area contributed by atoms with Crippen molar-refractivity contribution in [3.05, 3.63) is 51.2 Å². The van der Waals surface area contributed by atoms with E-state index in [0.29, 0.717) is 6.54 Å². The zero-order chi connectivity index (χ0) is 18.7. The lowest BCUT2D eigenvalue weighted by molar-refractivity contribution is -0.131. The second-order valence-corrected chi connectivity index (χ2v) is 7.87. The Morgan fingerprint density at radius 1 is 1.31 bits per heavy atom. The van der Waals surface area contributed by atoms with Gasteiger partial charge in [-0.05, 0) is 47.0 Å². The molecule has 0 bridgehead atoms. The maximum atomic E-state index is 12.4. The lowest BCUT2D eigenvalue weighted by Crippen LogP contribution is -2.37. The summed E-state index contributed by atoms with van der Waals surface area (Å²) in [7, 11) is 0. The highest BCUT2D eigenvalue weighted by Crippen LogP contribution is 2.25. The van der Waals surface area contributed by atoms with Gasteiger partial charge in [-0.3, -0.25) is 9.59 Å². The van der Waals surface area contributed by atoms with E-state index in [2.05, 4.69) is 16.8 Å². The Hall–Kier alpha value is -2.34. The molecule has 0 unspecified atom stereocenters. The van der Waals surface area contributed by atoms with E-state index in [4.69, 9.17) is 0 Å². The minimum atomic E-state index is -0.350. The summed E-state index contributed by atoms with van der Waals surface area (Å²) in [5.74, 6) is -0.0806. The number of aromatic hydroxyl groups is 1. The van der Waals surface area contributed by atoms with Gasteiger partial charge in [-0.2, -0.15) is 0 Å². The number of thiophene rings is 1. The number of carbonyl (C=O) groups is 2. The summed E-state index contributed by atoms with van der Waals surface area (Å²) in [6.07, 6.45) is 1.16. The molecule has 1 aliphatic rings. The molecule has 2 aromatic rings. The number of fused-ring (bicyclic) bond motifs is 1. The topological polar surface area (TPSA) is 69.6 Å². The van der Waals surface area contributed by atoms with Gasteiger partial charge in [-0.15, -0.1) is 11.3 Å². The summed E-state index contributed by atoms with van der Waals surface area (Å²) in [6.45, 7) is 5.71. The van der Waals surface area contributed by atoms with Crippen molar-refractivity contribution in [2.24, 2.45) is 0 Å². The highest BCUT2D eigenvalue weighted by atomic mass is 32.1. The van der Waals surface area contributed by atoms with E-state index in [-0.39, 0.29) is 42.0 Å². The molecule has 5 nitrogen and oxygen atoms in total. The van der Waals surface area contributed by atoms with Crippen LogP contribution in [0.15, 0.2) is 29.6 Å². The van der Waals surface area contributed by atoms with Crippen molar-refractivity contribution in [1.82, 2.24) is 10.2 Å². The lowest BCUT2D eigenvalue weighted by atomic mass is 10.00. The average Bonchev–Trinajstić information content (AvgIpc) is 3.09. The number of rotatable bonds is 5. The maximum Gasteiger partial charge on any atom is 0.255 e. The van der Waals surface area contributed by atoms with Gasteiger partial charge in [0.05, 0.1) is 5.56 Å². The molecular weight excluding hydrogens is 348 g/mol. The lowest BCUT2D eigenvalue weighted by Gasteiger charge is -2.27. The number of hydrogen-bond acceptors (Lipinski definition) is 4. The van der Waals surface area contributed by atoms with Gasteiger partial charge < -0.3 is 15.3 Å². The molecule has 1 aliphatic heterocycles. The van der Waals surface area contributed by atoms with Crippen LogP contribution < -0.4 is 5.32 Å². The van der Waals surface area contributed by atoms with Crippen LogP contribution in [0.3, 0.4) is 0 Å². The molecule has 3 rings (SSSR count). The Morgan fingerprint density at radius 3 is 2.88 bits per heavy atom. The first-order valence-electron chi connectivity index (χ1n) is 8.90. The van der Waals surface area contributed by atoms with Crippen LogP contribution in [0.5, 0.6) is 5.75 Å². The van der Waals surface area contributed by atoms with E-state index in [1.54, 1.807) is 23.5 Å². The van der Waals surface area contributed by atoms with Gasteiger partial charge in [-0.25, -0.2) is 0 Å².